The number of hydrogen-bond donors (Lipinski definition) is 1. The van der Waals surface area contributed by atoms with Crippen LogP contribution in [-0.4, -0.2) is 43.5 Å². The molecule has 1 heterocycles. The van der Waals surface area contributed by atoms with Crippen molar-refractivity contribution in [2.75, 3.05) is 26.7 Å². The van der Waals surface area contributed by atoms with Gasteiger partial charge in [-0.25, -0.2) is 4.39 Å². The number of hydrogen-bond acceptors (Lipinski definition) is 3. The Labute approximate surface area is 170 Å². The Morgan fingerprint density at radius 2 is 1.86 bits per heavy atom. The topological polar surface area (TPSA) is 58.6 Å². The quantitative estimate of drug-likeness (QED) is 0.777. The van der Waals surface area contributed by atoms with Gasteiger partial charge in [-0.05, 0) is 67.1 Å². The maximum absolute atomic E-state index is 13.0. The van der Waals surface area contributed by atoms with Crippen molar-refractivity contribution >= 4 is 11.8 Å². The summed E-state index contributed by atoms with van der Waals surface area (Å²) >= 11 is 0. The standard InChI is InChI=1S/C23H27FN2O3/c1-29-21-11-4-17(5-12-21)6-13-22(27)26-14-2-3-18(16-26)15-25-23(28)19-7-9-20(24)10-8-19/h4-5,7-12,18H,2-3,6,13-16H2,1H3,(H,25,28)/t18-/m1/s1. The average Bonchev–Trinajstić information content (AvgIpc) is 2.77. The summed E-state index contributed by atoms with van der Waals surface area (Å²) in [7, 11) is 1.63. The molecular formula is C23H27FN2O3. The molecule has 3 rings (SSSR count). The van der Waals surface area contributed by atoms with E-state index in [0.717, 1.165) is 30.7 Å². The molecule has 2 aromatic rings. The first-order chi connectivity index (χ1) is 14.0. The van der Waals surface area contributed by atoms with Gasteiger partial charge >= 0.3 is 0 Å². The molecule has 0 aliphatic carbocycles. The third-order valence-electron chi connectivity index (χ3n) is 5.32. The van der Waals surface area contributed by atoms with Gasteiger partial charge < -0.3 is 15.0 Å². The highest BCUT2D eigenvalue weighted by Gasteiger charge is 2.24. The zero-order chi connectivity index (χ0) is 20.6. The molecule has 0 saturated carbocycles. The summed E-state index contributed by atoms with van der Waals surface area (Å²) in [4.78, 5) is 26.7. The molecule has 2 amide bonds. The molecule has 1 N–H and O–H groups in total. The van der Waals surface area contributed by atoms with Crippen molar-refractivity contribution in [3.63, 3.8) is 0 Å². The molecule has 29 heavy (non-hydrogen) atoms. The summed E-state index contributed by atoms with van der Waals surface area (Å²) in [5.74, 6) is 0.612. The van der Waals surface area contributed by atoms with Gasteiger partial charge in [-0.1, -0.05) is 12.1 Å². The first kappa shape index (κ1) is 20.8. The minimum absolute atomic E-state index is 0.148. The van der Waals surface area contributed by atoms with E-state index >= 15 is 0 Å². The lowest BCUT2D eigenvalue weighted by Gasteiger charge is -2.33. The van der Waals surface area contributed by atoms with E-state index in [4.69, 9.17) is 4.74 Å². The van der Waals surface area contributed by atoms with Gasteiger partial charge in [0, 0.05) is 31.6 Å². The number of carbonyl (C=O) groups is 2. The Kier molecular flexibility index (Phi) is 7.22. The van der Waals surface area contributed by atoms with Crippen LogP contribution in [0.2, 0.25) is 0 Å². The first-order valence-corrected chi connectivity index (χ1v) is 9.99. The van der Waals surface area contributed by atoms with E-state index in [1.54, 1.807) is 7.11 Å². The summed E-state index contributed by atoms with van der Waals surface area (Å²) in [6.07, 6.45) is 3.09. The molecule has 0 aromatic heterocycles. The maximum atomic E-state index is 13.0. The van der Waals surface area contributed by atoms with Crippen molar-refractivity contribution in [3.8, 4) is 5.75 Å². The van der Waals surface area contributed by atoms with Crippen molar-refractivity contribution in [1.82, 2.24) is 10.2 Å². The molecule has 2 aromatic carbocycles. The summed E-state index contributed by atoms with van der Waals surface area (Å²) in [5, 5.41) is 2.91. The molecule has 5 nitrogen and oxygen atoms in total. The zero-order valence-electron chi connectivity index (χ0n) is 16.7. The normalized spacial score (nSPS) is 16.3. The molecule has 0 bridgehead atoms. The highest BCUT2D eigenvalue weighted by molar-refractivity contribution is 5.94. The largest absolute Gasteiger partial charge is 0.497 e. The molecule has 1 aliphatic heterocycles. The molecule has 1 aliphatic rings. The van der Waals surface area contributed by atoms with Gasteiger partial charge in [0.2, 0.25) is 5.91 Å². The zero-order valence-corrected chi connectivity index (χ0v) is 16.7. The van der Waals surface area contributed by atoms with Gasteiger partial charge in [0.1, 0.15) is 11.6 Å². The van der Waals surface area contributed by atoms with E-state index in [2.05, 4.69) is 5.32 Å². The third-order valence-corrected chi connectivity index (χ3v) is 5.32. The first-order valence-electron chi connectivity index (χ1n) is 9.99. The van der Waals surface area contributed by atoms with Crippen LogP contribution in [0, 0.1) is 11.7 Å². The Morgan fingerprint density at radius 3 is 2.55 bits per heavy atom. The number of nitrogens with one attached hydrogen (secondary N) is 1. The van der Waals surface area contributed by atoms with Crippen LogP contribution in [0.3, 0.4) is 0 Å². The van der Waals surface area contributed by atoms with E-state index in [-0.39, 0.29) is 23.5 Å². The third kappa shape index (κ3) is 6.04. The van der Waals surface area contributed by atoms with Crippen LogP contribution in [-0.2, 0) is 11.2 Å². The average molecular weight is 398 g/mol. The van der Waals surface area contributed by atoms with Crippen LogP contribution in [0.1, 0.15) is 35.2 Å². The summed E-state index contributed by atoms with van der Waals surface area (Å²) in [6.45, 7) is 1.94. The summed E-state index contributed by atoms with van der Waals surface area (Å²) in [5.41, 5.74) is 1.55. The fourth-order valence-electron chi connectivity index (χ4n) is 3.60. The van der Waals surface area contributed by atoms with Crippen molar-refractivity contribution in [3.05, 3.63) is 65.5 Å². The number of piperidine rings is 1. The van der Waals surface area contributed by atoms with Crippen LogP contribution in [0.4, 0.5) is 4.39 Å². The number of ether oxygens (including phenoxy) is 1. The molecule has 1 fully saturated rings. The van der Waals surface area contributed by atoms with Crippen molar-refractivity contribution in [2.24, 2.45) is 5.92 Å². The van der Waals surface area contributed by atoms with Gasteiger partial charge in [-0.2, -0.15) is 0 Å². The van der Waals surface area contributed by atoms with Gasteiger partial charge in [0.25, 0.3) is 5.91 Å². The van der Waals surface area contributed by atoms with E-state index in [1.165, 1.54) is 24.3 Å². The molecule has 6 heteroatoms. The molecule has 0 spiro atoms. The van der Waals surface area contributed by atoms with E-state index in [9.17, 15) is 14.0 Å². The maximum Gasteiger partial charge on any atom is 0.251 e. The molecule has 154 valence electrons. The SMILES string of the molecule is COc1ccc(CCC(=O)N2CCC[C@H](CNC(=O)c3ccc(F)cc3)C2)cc1. The van der Waals surface area contributed by atoms with Crippen molar-refractivity contribution in [2.45, 2.75) is 25.7 Å². The van der Waals surface area contributed by atoms with Gasteiger partial charge in [0.05, 0.1) is 7.11 Å². The number of nitrogens with zero attached hydrogens (tertiary/aromatic N) is 1. The van der Waals surface area contributed by atoms with E-state index < -0.39 is 0 Å². The number of carbonyl (C=O) groups excluding carboxylic acids is 2. The number of amides is 2. The molecule has 0 unspecified atom stereocenters. The number of rotatable bonds is 7. The molecule has 0 radical (unpaired) electrons. The predicted octanol–water partition coefficient (Wildman–Crippen LogP) is 3.44. The van der Waals surface area contributed by atoms with Crippen LogP contribution >= 0.6 is 0 Å². The van der Waals surface area contributed by atoms with Crippen molar-refractivity contribution in [1.29, 1.82) is 0 Å². The van der Waals surface area contributed by atoms with Gasteiger partial charge in [-0.3, -0.25) is 9.59 Å². The monoisotopic (exact) mass is 398 g/mol. The lowest BCUT2D eigenvalue weighted by molar-refractivity contribution is -0.132. The number of methoxy groups -OCH3 is 1. The lowest BCUT2D eigenvalue weighted by Crippen LogP contribution is -2.43. The fourth-order valence-corrected chi connectivity index (χ4v) is 3.60. The Balaban J connectivity index is 1.44. The highest BCUT2D eigenvalue weighted by Crippen LogP contribution is 2.18. The van der Waals surface area contributed by atoms with Crippen LogP contribution < -0.4 is 10.1 Å². The van der Waals surface area contributed by atoms with E-state index in [1.807, 2.05) is 29.2 Å². The number of halogens is 1. The van der Waals surface area contributed by atoms with Gasteiger partial charge in [0.15, 0.2) is 0 Å². The lowest BCUT2D eigenvalue weighted by atomic mass is 9.97. The van der Waals surface area contributed by atoms with E-state index in [0.29, 0.717) is 31.5 Å². The highest BCUT2D eigenvalue weighted by atomic mass is 19.1. The predicted molar refractivity (Wildman–Crippen MR) is 109 cm³/mol. The Hall–Kier alpha value is -2.89. The number of benzene rings is 2. The van der Waals surface area contributed by atoms with Gasteiger partial charge in [-0.15, -0.1) is 0 Å². The second-order valence-corrected chi connectivity index (χ2v) is 7.41. The van der Waals surface area contributed by atoms with Crippen LogP contribution in [0.25, 0.3) is 0 Å². The summed E-state index contributed by atoms with van der Waals surface area (Å²) < 4.78 is 18.1. The molecule has 1 atom stereocenters. The second-order valence-electron chi connectivity index (χ2n) is 7.41. The fraction of sp³-hybridized carbons (Fsp3) is 0.391. The minimum Gasteiger partial charge on any atom is -0.497 e. The molecular weight excluding hydrogens is 371 g/mol. The Morgan fingerprint density at radius 1 is 1.14 bits per heavy atom. The van der Waals surface area contributed by atoms with Crippen LogP contribution in [0.5, 0.6) is 5.75 Å². The summed E-state index contributed by atoms with van der Waals surface area (Å²) in [6, 6.07) is 13.3. The minimum atomic E-state index is -0.363. The molecule has 1 saturated heterocycles. The van der Waals surface area contributed by atoms with Crippen LogP contribution in [0.15, 0.2) is 48.5 Å². The smallest absolute Gasteiger partial charge is 0.251 e. The van der Waals surface area contributed by atoms with Crippen molar-refractivity contribution < 1.29 is 18.7 Å². The number of aryl methyl sites for hydroxylation is 1. The second kappa shape index (κ2) is 10.0. The number of likely N-dealkylation sites (tertiary alicyclic amines) is 1. The Bertz CT molecular complexity index is 821.